The van der Waals surface area contributed by atoms with Crippen LogP contribution in [-0.2, 0) is 10.0 Å². The third-order valence-corrected chi connectivity index (χ3v) is 8.75. The predicted octanol–water partition coefficient (Wildman–Crippen LogP) is 4.56. The molecule has 10 heteroatoms. The van der Waals surface area contributed by atoms with E-state index in [1.54, 1.807) is 17.4 Å². The molecule has 1 fully saturated rings. The Labute approximate surface area is 175 Å². The highest BCUT2D eigenvalue weighted by Crippen LogP contribution is 2.31. The van der Waals surface area contributed by atoms with Crippen molar-refractivity contribution in [2.75, 3.05) is 18.4 Å². The number of rotatable bonds is 5. The molecule has 1 aliphatic rings. The number of sulfonamides is 1. The number of benzene rings is 1. The number of hydrogen-bond donors (Lipinski definition) is 1. The second kappa shape index (κ2) is 7.92. The topological polar surface area (TPSA) is 79.4 Å². The number of carbonyl (C=O) groups excluding carboxylic acids is 1. The van der Waals surface area contributed by atoms with Crippen molar-refractivity contribution in [3.63, 3.8) is 0 Å². The van der Waals surface area contributed by atoms with E-state index in [4.69, 9.17) is 11.6 Å². The van der Waals surface area contributed by atoms with Gasteiger partial charge in [0, 0.05) is 18.8 Å². The van der Waals surface area contributed by atoms with E-state index in [0.29, 0.717) is 23.7 Å². The van der Waals surface area contributed by atoms with Crippen LogP contribution in [0.2, 0.25) is 5.02 Å². The zero-order valence-electron chi connectivity index (χ0n) is 14.6. The number of nitrogens with one attached hydrogen (secondary N) is 1. The number of hydrogen-bond acceptors (Lipinski definition) is 6. The van der Waals surface area contributed by atoms with Gasteiger partial charge in [0.2, 0.25) is 10.0 Å². The molecule has 2 aromatic heterocycles. The summed E-state index contributed by atoms with van der Waals surface area (Å²) in [5, 5.41) is 5.60. The second-order valence-corrected chi connectivity index (χ2v) is 10.5. The van der Waals surface area contributed by atoms with E-state index in [1.807, 2.05) is 17.5 Å². The van der Waals surface area contributed by atoms with Gasteiger partial charge in [-0.3, -0.25) is 4.79 Å². The van der Waals surface area contributed by atoms with Crippen molar-refractivity contribution in [1.82, 2.24) is 9.29 Å². The smallest absolute Gasteiger partial charge is 0.267 e. The van der Waals surface area contributed by atoms with Crippen molar-refractivity contribution in [3.8, 4) is 9.88 Å². The van der Waals surface area contributed by atoms with Crippen molar-refractivity contribution in [2.24, 2.45) is 0 Å². The van der Waals surface area contributed by atoms with Crippen LogP contribution in [0.3, 0.4) is 0 Å². The molecule has 0 atom stereocenters. The summed E-state index contributed by atoms with van der Waals surface area (Å²) < 4.78 is 27.1. The van der Waals surface area contributed by atoms with Crippen LogP contribution in [0.5, 0.6) is 0 Å². The molecule has 0 radical (unpaired) electrons. The molecule has 0 bridgehead atoms. The molecule has 0 spiro atoms. The molecule has 6 nitrogen and oxygen atoms in total. The maximum atomic E-state index is 12.8. The average molecular weight is 454 g/mol. The van der Waals surface area contributed by atoms with E-state index < -0.39 is 10.0 Å². The fourth-order valence-corrected chi connectivity index (χ4v) is 6.57. The maximum absolute atomic E-state index is 12.8. The van der Waals surface area contributed by atoms with Crippen molar-refractivity contribution in [1.29, 1.82) is 0 Å². The van der Waals surface area contributed by atoms with Gasteiger partial charge in [-0.1, -0.05) is 17.7 Å². The van der Waals surface area contributed by atoms with Crippen LogP contribution in [0.4, 0.5) is 5.69 Å². The van der Waals surface area contributed by atoms with Crippen molar-refractivity contribution in [2.45, 2.75) is 17.7 Å². The first-order valence-corrected chi connectivity index (χ1v) is 12.1. The molecule has 1 aromatic carbocycles. The fourth-order valence-electron chi connectivity index (χ4n) is 2.93. The molecule has 4 rings (SSSR count). The lowest BCUT2D eigenvalue weighted by Gasteiger charge is -2.17. The van der Waals surface area contributed by atoms with Crippen molar-refractivity contribution < 1.29 is 13.2 Å². The SMILES string of the molecule is O=C(Nc1ccc(Cl)c(S(=O)(=O)N2CCCC2)c1)c1cnc(-c2cccs2)s1. The van der Waals surface area contributed by atoms with Crippen LogP contribution < -0.4 is 5.32 Å². The largest absolute Gasteiger partial charge is 0.321 e. The van der Waals surface area contributed by atoms with Gasteiger partial charge < -0.3 is 5.32 Å². The first-order chi connectivity index (χ1) is 13.4. The first-order valence-electron chi connectivity index (χ1n) is 8.56. The van der Waals surface area contributed by atoms with Crippen LogP contribution in [0.1, 0.15) is 22.5 Å². The van der Waals surface area contributed by atoms with E-state index in [1.165, 1.54) is 34.0 Å². The molecule has 0 unspecified atom stereocenters. The molecule has 1 amide bonds. The van der Waals surface area contributed by atoms with Gasteiger partial charge in [0.25, 0.3) is 5.91 Å². The number of carbonyl (C=O) groups is 1. The summed E-state index contributed by atoms with van der Waals surface area (Å²) in [5.41, 5.74) is 0.373. The minimum Gasteiger partial charge on any atom is -0.321 e. The highest BCUT2D eigenvalue weighted by atomic mass is 35.5. The van der Waals surface area contributed by atoms with Gasteiger partial charge in [-0.15, -0.1) is 22.7 Å². The molecule has 28 heavy (non-hydrogen) atoms. The Morgan fingerprint density at radius 1 is 1.21 bits per heavy atom. The van der Waals surface area contributed by atoms with E-state index in [2.05, 4.69) is 10.3 Å². The number of amides is 1. The number of anilines is 1. The standard InChI is InChI=1S/C18H16ClN3O3S3/c19-13-6-5-12(10-16(13)28(24,25)22-7-1-2-8-22)21-17(23)15-11-20-18(27-15)14-4-3-9-26-14/h3-6,9-11H,1-2,7-8H2,(H,21,23). The number of aromatic nitrogens is 1. The van der Waals surface area contributed by atoms with Gasteiger partial charge >= 0.3 is 0 Å². The molecule has 1 N–H and O–H groups in total. The maximum Gasteiger partial charge on any atom is 0.267 e. The molecule has 3 aromatic rings. The molecule has 1 aliphatic heterocycles. The fraction of sp³-hybridized carbons (Fsp3) is 0.222. The van der Waals surface area contributed by atoms with E-state index >= 15 is 0 Å². The van der Waals surface area contributed by atoms with E-state index in [0.717, 1.165) is 22.7 Å². The number of nitrogens with zero attached hydrogens (tertiary/aromatic N) is 2. The monoisotopic (exact) mass is 453 g/mol. The number of thiophene rings is 1. The Morgan fingerprint density at radius 3 is 2.71 bits per heavy atom. The summed E-state index contributed by atoms with van der Waals surface area (Å²) in [7, 11) is -3.68. The third-order valence-electron chi connectivity index (χ3n) is 4.33. The molecule has 0 aliphatic carbocycles. The Hall–Kier alpha value is -1.78. The van der Waals surface area contributed by atoms with Gasteiger partial charge in [0.05, 0.1) is 16.1 Å². The van der Waals surface area contributed by atoms with Crippen LogP contribution in [0, 0.1) is 0 Å². The van der Waals surface area contributed by atoms with Gasteiger partial charge in [0.1, 0.15) is 14.8 Å². The molecular weight excluding hydrogens is 438 g/mol. The van der Waals surface area contributed by atoms with Gasteiger partial charge in [-0.25, -0.2) is 13.4 Å². The van der Waals surface area contributed by atoms with E-state index in [9.17, 15) is 13.2 Å². The summed E-state index contributed by atoms with van der Waals surface area (Å²) in [6.07, 6.45) is 3.20. The summed E-state index contributed by atoms with van der Waals surface area (Å²) in [6.45, 7) is 0.975. The Kier molecular flexibility index (Phi) is 5.52. The first kappa shape index (κ1) is 19.5. The minimum atomic E-state index is -3.68. The zero-order valence-corrected chi connectivity index (χ0v) is 17.8. The summed E-state index contributed by atoms with van der Waals surface area (Å²) >= 11 is 8.99. The Bertz CT molecular complexity index is 1100. The van der Waals surface area contributed by atoms with Gasteiger partial charge in [-0.05, 0) is 42.5 Å². The van der Waals surface area contributed by atoms with Gasteiger partial charge in [0.15, 0.2) is 0 Å². The highest BCUT2D eigenvalue weighted by molar-refractivity contribution is 7.89. The van der Waals surface area contributed by atoms with E-state index in [-0.39, 0.29) is 15.8 Å². The average Bonchev–Trinajstić information content (AvgIpc) is 3.43. The normalized spacial score (nSPS) is 15.0. The van der Waals surface area contributed by atoms with Crippen molar-refractivity contribution >= 4 is 55.9 Å². The summed E-state index contributed by atoms with van der Waals surface area (Å²) in [6, 6.07) is 8.36. The second-order valence-electron chi connectivity index (χ2n) is 6.22. The number of thiazole rings is 1. The van der Waals surface area contributed by atoms with Crippen molar-refractivity contribution in [3.05, 3.63) is 51.8 Å². The Morgan fingerprint density at radius 2 is 2.00 bits per heavy atom. The van der Waals surface area contributed by atoms with Gasteiger partial charge in [-0.2, -0.15) is 4.31 Å². The Balaban J connectivity index is 1.56. The lowest BCUT2D eigenvalue weighted by atomic mass is 10.3. The quantitative estimate of drug-likeness (QED) is 0.614. The minimum absolute atomic E-state index is 0.0115. The van der Waals surface area contributed by atoms with Crippen LogP contribution in [0.15, 0.2) is 46.8 Å². The van der Waals surface area contributed by atoms with Crippen LogP contribution in [-0.4, -0.2) is 36.7 Å². The lowest BCUT2D eigenvalue weighted by molar-refractivity contribution is 0.103. The lowest BCUT2D eigenvalue weighted by Crippen LogP contribution is -2.28. The summed E-state index contributed by atoms with van der Waals surface area (Å²) in [5.74, 6) is -0.341. The highest BCUT2D eigenvalue weighted by Gasteiger charge is 2.29. The summed E-state index contributed by atoms with van der Waals surface area (Å²) in [4.78, 5) is 18.3. The predicted molar refractivity (Wildman–Crippen MR) is 113 cm³/mol. The molecule has 146 valence electrons. The molecule has 0 saturated carbocycles. The van der Waals surface area contributed by atoms with Crippen LogP contribution in [0.25, 0.3) is 9.88 Å². The third kappa shape index (κ3) is 3.85. The number of halogens is 1. The molecule has 1 saturated heterocycles. The molecular formula is C18H16ClN3O3S3. The van der Waals surface area contributed by atoms with Crippen LogP contribution >= 0.6 is 34.3 Å². The molecule has 3 heterocycles. The zero-order chi connectivity index (χ0) is 19.7.